The molecule has 1 aliphatic rings. The van der Waals surface area contributed by atoms with Crippen LogP contribution in [-0.2, 0) is 0 Å². The highest BCUT2D eigenvalue weighted by molar-refractivity contribution is 7.80. The maximum Gasteiger partial charge on any atom is 0.169 e. The summed E-state index contributed by atoms with van der Waals surface area (Å²) in [5.41, 5.74) is 4.59. The van der Waals surface area contributed by atoms with Crippen molar-refractivity contribution in [3.63, 3.8) is 0 Å². The van der Waals surface area contributed by atoms with Gasteiger partial charge in [0.05, 0.1) is 17.8 Å². The van der Waals surface area contributed by atoms with Crippen LogP contribution in [0.25, 0.3) is 5.69 Å². The highest BCUT2D eigenvalue weighted by Gasteiger charge is 2.39. The van der Waals surface area contributed by atoms with Gasteiger partial charge in [-0.1, -0.05) is 23.8 Å². The van der Waals surface area contributed by atoms with Crippen LogP contribution in [0.15, 0.2) is 67.0 Å². The molecule has 1 fully saturated rings. The van der Waals surface area contributed by atoms with Gasteiger partial charge in [-0.3, -0.25) is 4.98 Å². The smallest absolute Gasteiger partial charge is 0.169 e. The number of rotatable bonds is 3. The van der Waals surface area contributed by atoms with Gasteiger partial charge in [-0.2, -0.15) is 0 Å². The van der Waals surface area contributed by atoms with E-state index in [-0.39, 0.29) is 12.1 Å². The van der Waals surface area contributed by atoms with Crippen LogP contribution < -0.4 is 5.32 Å². The van der Waals surface area contributed by atoms with Gasteiger partial charge in [0.25, 0.3) is 0 Å². The molecule has 1 aromatic carbocycles. The molecule has 2 aromatic heterocycles. The van der Waals surface area contributed by atoms with Gasteiger partial charge in [0, 0.05) is 30.8 Å². The lowest BCUT2D eigenvalue weighted by molar-refractivity contribution is 0.357. The van der Waals surface area contributed by atoms with Crippen molar-refractivity contribution >= 4 is 17.3 Å². The number of pyridine rings is 1. The molecule has 1 saturated heterocycles. The quantitative estimate of drug-likeness (QED) is 0.730. The number of aromatic nitrogens is 2. The van der Waals surface area contributed by atoms with Crippen molar-refractivity contribution in [1.29, 1.82) is 0 Å². The number of nitrogens with zero attached hydrogens (tertiary/aromatic N) is 3. The van der Waals surface area contributed by atoms with E-state index in [9.17, 15) is 0 Å². The van der Waals surface area contributed by atoms with E-state index >= 15 is 0 Å². The van der Waals surface area contributed by atoms with Gasteiger partial charge in [0.1, 0.15) is 0 Å². The molecular formula is C20H20N4S. The summed E-state index contributed by atoms with van der Waals surface area (Å²) in [6.07, 6.45) is 3.93. The summed E-state index contributed by atoms with van der Waals surface area (Å²) in [6, 6.07) is 18.9. The third-order valence-electron chi connectivity index (χ3n) is 4.73. The number of nitrogens with one attached hydrogen (secondary N) is 1. The molecule has 1 N–H and O–H groups in total. The van der Waals surface area contributed by atoms with E-state index in [0.29, 0.717) is 0 Å². The minimum absolute atomic E-state index is 0.0257. The van der Waals surface area contributed by atoms with Crippen LogP contribution in [0.2, 0.25) is 0 Å². The molecule has 0 unspecified atom stereocenters. The van der Waals surface area contributed by atoms with Crippen molar-refractivity contribution in [1.82, 2.24) is 19.8 Å². The van der Waals surface area contributed by atoms with E-state index in [0.717, 1.165) is 16.5 Å². The number of likely N-dealkylation sites (N-methyl/N-ethyl adjacent to an activating group) is 1. The van der Waals surface area contributed by atoms with E-state index in [1.165, 1.54) is 11.3 Å². The van der Waals surface area contributed by atoms with Gasteiger partial charge < -0.3 is 14.8 Å². The average molecular weight is 348 g/mol. The van der Waals surface area contributed by atoms with Crippen molar-refractivity contribution < 1.29 is 0 Å². The van der Waals surface area contributed by atoms with Gasteiger partial charge in [0.15, 0.2) is 5.11 Å². The fourth-order valence-electron chi connectivity index (χ4n) is 3.40. The first-order chi connectivity index (χ1) is 12.1. The topological polar surface area (TPSA) is 33.1 Å². The molecule has 0 saturated carbocycles. The summed E-state index contributed by atoms with van der Waals surface area (Å²) < 4.78 is 2.23. The molecule has 5 heteroatoms. The minimum atomic E-state index is 0.0257. The third kappa shape index (κ3) is 2.81. The van der Waals surface area contributed by atoms with Crippen molar-refractivity contribution in [2.45, 2.75) is 19.0 Å². The zero-order valence-corrected chi connectivity index (χ0v) is 15.1. The summed E-state index contributed by atoms with van der Waals surface area (Å²) >= 11 is 5.52. The van der Waals surface area contributed by atoms with Crippen LogP contribution in [0, 0.1) is 6.92 Å². The molecule has 0 aliphatic carbocycles. The normalized spacial score (nSPS) is 19.9. The second-order valence-electron chi connectivity index (χ2n) is 6.38. The van der Waals surface area contributed by atoms with Crippen LogP contribution in [0.5, 0.6) is 0 Å². The molecule has 3 heterocycles. The Hall–Kier alpha value is -2.66. The maximum absolute atomic E-state index is 5.52. The highest BCUT2D eigenvalue weighted by atomic mass is 32.1. The first-order valence-electron chi connectivity index (χ1n) is 8.34. The zero-order valence-electron chi connectivity index (χ0n) is 14.3. The van der Waals surface area contributed by atoms with Crippen LogP contribution in [-0.4, -0.2) is 26.6 Å². The molecular weight excluding hydrogens is 328 g/mol. The summed E-state index contributed by atoms with van der Waals surface area (Å²) in [5.74, 6) is 0. The predicted molar refractivity (Wildman–Crippen MR) is 104 cm³/mol. The number of hydrogen-bond donors (Lipinski definition) is 1. The minimum Gasteiger partial charge on any atom is -0.352 e. The van der Waals surface area contributed by atoms with Gasteiger partial charge in [-0.15, -0.1) is 0 Å². The van der Waals surface area contributed by atoms with Gasteiger partial charge in [0.2, 0.25) is 0 Å². The van der Waals surface area contributed by atoms with Gasteiger partial charge in [-0.05, 0) is 55.5 Å². The first kappa shape index (κ1) is 15.8. The lowest BCUT2D eigenvalue weighted by Crippen LogP contribution is -2.25. The fraction of sp³-hybridized carbons (Fsp3) is 0.200. The molecule has 2 atom stereocenters. The zero-order chi connectivity index (χ0) is 17.4. The van der Waals surface area contributed by atoms with Crippen molar-refractivity contribution in [3.8, 4) is 5.69 Å². The lowest BCUT2D eigenvalue weighted by atomic mass is 10.0. The number of thiocarbonyl (C=S) groups is 1. The monoisotopic (exact) mass is 348 g/mol. The molecule has 126 valence electrons. The van der Waals surface area contributed by atoms with Crippen molar-refractivity contribution in [2.24, 2.45) is 0 Å². The second kappa shape index (κ2) is 6.33. The SMILES string of the molecule is Cc1ccc(-n2cccc2[C@@H]2[C@H](c3ccccn3)NC(=S)N2C)cc1. The Labute approximate surface area is 153 Å². The van der Waals surface area contributed by atoms with E-state index < -0.39 is 0 Å². The lowest BCUT2D eigenvalue weighted by Gasteiger charge is -2.25. The summed E-state index contributed by atoms with van der Waals surface area (Å²) in [4.78, 5) is 6.67. The molecule has 1 aliphatic heterocycles. The molecule has 4 nitrogen and oxygen atoms in total. The van der Waals surface area contributed by atoms with Gasteiger partial charge >= 0.3 is 0 Å². The number of aryl methyl sites for hydroxylation is 1. The molecule has 0 radical (unpaired) electrons. The Kier molecular flexibility index (Phi) is 4.01. The Morgan fingerprint density at radius 1 is 1.04 bits per heavy atom. The average Bonchev–Trinajstić information content (AvgIpc) is 3.22. The van der Waals surface area contributed by atoms with E-state index in [1.807, 2.05) is 31.4 Å². The van der Waals surface area contributed by atoms with E-state index in [2.05, 4.69) is 69.3 Å². The fourth-order valence-corrected chi connectivity index (χ4v) is 3.64. The summed E-state index contributed by atoms with van der Waals surface area (Å²) in [5, 5.41) is 4.18. The molecule has 0 amide bonds. The Balaban J connectivity index is 1.78. The standard InChI is InChI=1S/C20H20N4S/c1-14-8-10-15(11-9-14)24-13-5-7-17(24)19-18(22-20(25)23(19)2)16-6-3-4-12-21-16/h3-13,18-19H,1-2H3,(H,22,25)/t18-,19+/m0/s1. The molecule has 4 rings (SSSR count). The Morgan fingerprint density at radius 2 is 1.84 bits per heavy atom. The molecule has 3 aromatic rings. The van der Waals surface area contributed by atoms with Crippen LogP contribution in [0.1, 0.15) is 29.0 Å². The van der Waals surface area contributed by atoms with Crippen molar-refractivity contribution in [2.75, 3.05) is 7.05 Å². The van der Waals surface area contributed by atoms with Crippen LogP contribution in [0.4, 0.5) is 0 Å². The Bertz CT molecular complexity index is 886. The summed E-state index contributed by atoms with van der Waals surface area (Å²) in [6.45, 7) is 2.10. The largest absolute Gasteiger partial charge is 0.352 e. The maximum atomic E-state index is 5.52. The van der Waals surface area contributed by atoms with E-state index in [4.69, 9.17) is 12.2 Å². The van der Waals surface area contributed by atoms with Crippen LogP contribution in [0.3, 0.4) is 0 Å². The molecule has 0 bridgehead atoms. The number of benzene rings is 1. The number of hydrogen-bond acceptors (Lipinski definition) is 2. The van der Waals surface area contributed by atoms with Crippen molar-refractivity contribution in [3.05, 3.63) is 83.9 Å². The van der Waals surface area contributed by atoms with Gasteiger partial charge in [-0.25, -0.2) is 0 Å². The predicted octanol–water partition coefficient (Wildman–Crippen LogP) is 3.78. The van der Waals surface area contributed by atoms with Crippen LogP contribution >= 0.6 is 12.2 Å². The summed E-state index contributed by atoms with van der Waals surface area (Å²) in [7, 11) is 2.04. The van der Waals surface area contributed by atoms with E-state index in [1.54, 1.807) is 0 Å². The third-order valence-corrected chi connectivity index (χ3v) is 5.14. The second-order valence-corrected chi connectivity index (χ2v) is 6.76. The molecule has 0 spiro atoms. The molecule has 25 heavy (non-hydrogen) atoms. The highest BCUT2D eigenvalue weighted by Crippen LogP contribution is 2.38. The Morgan fingerprint density at radius 3 is 2.56 bits per heavy atom. The first-order valence-corrected chi connectivity index (χ1v) is 8.74.